The van der Waals surface area contributed by atoms with E-state index in [1.54, 1.807) is 6.07 Å². The molecule has 1 aromatic carbocycles. The molecule has 2 aromatic rings. The first-order valence-corrected chi connectivity index (χ1v) is 5.90. The number of hydrogen-bond donors (Lipinski definition) is 0. The lowest BCUT2D eigenvalue weighted by Gasteiger charge is -2.11. The molecule has 0 atom stereocenters. The van der Waals surface area contributed by atoms with Gasteiger partial charge in [-0.05, 0) is 44.5 Å². The highest BCUT2D eigenvalue weighted by Gasteiger charge is 2.31. The average Bonchev–Trinajstić information content (AvgIpc) is 2.64. The predicted octanol–water partition coefficient (Wildman–Crippen LogP) is 3.69. The van der Waals surface area contributed by atoms with Gasteiger partial charge in [0, 0.05) is 5.69 Å². The summed E-state index contributed by atoms with van der Waals surface area (Å²) in [7, 11) is 0. The van der Waals surface area contributed by atoms with Crippen molar-refractivity contribution >= 4 is 0 Å². The third kappa shape index (κ3) is 2.27. The van der Waals surface area contributed by atoms with Crippen LogP contribution in [0.2, 0.25) is 0 Å². The molecule has 1 aromatic heterocycles. The first kappa shape index (κ1) is 14.1. The third-order valence-electron chi connectivity index (χ3n) is 3.33. The van der Waals surface area contributed by atoms with Gasteiger partial charge in [-0.1, -0.05) is 0 Å². The molecule has 0 spiro atoms. The maximum Gasteiger partial charge on any atom is 0.416 e. The second kappa shape index (κ2) is 4.67. The van der Waals surface area contributed by atoms with E-state index in [0.717, 1.165) is 29.1 Å². The lowest BCUT2D eigenvalue weighted by molar-refractivity contribution is -0.137. The number of nitriles is 1. The van der Waals surface area contributed by atoms with Crippen molar-refractivity contribution < 1.29 is 13.2 Å². The van der Waals surface area contributed by atoms with Crippen LogP contribution in [0, 0.1) is 32.1 Å². The molecule has 0 fully saturated rings. The van der Waals surface area contributed by atoms with Crippen LogP contribution >= 0.6 is 0 Å². The molecule has 0 radical (unpaired) electrons. The lowest BCUT2D eigenvalue weighted by Crippen LogP contribution is -2.08. The van der Waals surface area contributed by atoms with Crippen LogP contribution in [0.5, 0.6) is 0 Å². The number of benzene rings is 1. The number of hydrogen-bond acceptors (Lipinski definition) is 2. The fourth-order valence-electron chi connectivity index (χ4n) is 1.94. The molecule has 0 aliphatic carbocycles. The minimum atomic E-state index is -4.46. The summed E-state index contributed by atoms with van der Waals surface area (Å²) < 4.78 is 39.5. The van der Waals surface area contributed by atoms with E-state index in [1.165, 1.54) is 10.7 Å². The minimum absolute atomic E-state index is 0.0505. The molecule has 20 heavy (non-hydrogen) atoms. The van der Waals surface area contributed by atoms with E-state index in [1.807, 2.05) is 20.8 Å². The number of halogens is 3. The Morgan fingerprint density at radius 2 is 1.85 bits per heavy atom. The molecule has 0 bridgehead atoms. The van der Waals surface area contributed by atoms with Crippen LogP contribution in [-0.2, 0) is 6.18 Å². The van der Waals surface area contributed by atoms with Crippen LogP contribution in [0.1, 0.15) is 28.1 Å². The van der Waals surface area contributed by atoms with Crippen molar-refractivity contribution in [2.45, 2.75) is 26.9 Å². The Morgan fingerprint density at radius 1 is 1.20 bits per heavy atom. The van der Waals surface area contributed by atoms with Crippen LogP contribution in [0.25, 0.3) is 5.69 Å². The molecule has 0 aliphatic rings. The molecule has 0 saturated carbocycles. The van der Waals surface area contributed by atoms with E-state index >= 15 is 0 Å². The fraction of sp³-hybridized carbons (Fsp3) is 0.286. The van der Waals surface area contributed by atoms with E-state index in [2.05, 4.69) is 5.10 Å². The van der Waals surface area contributed by atoms with Crippen LogP contribution in [0.3, 0.4) is 0 Å². The number of rotatable bonds is 1. The van der Waals surface area contributed by atoms with E-state index in [-0.39, 0.29) is 5.56 Å². The number of aryl methyl sites for hydroxylation is 1. The van der Waals surface area contributed by atoms with Crippen molar-refractivity contribution in [1.29, 1.82) is 5.26 Å². The largest absolute Gasteiger partial charge is 0.416 e. The smallest absolute Gasteiger partial charge is 0.236 e. The standard InChI is InChI=1S/C14H12F3N3/c1-8-9(2)19-20(10(8)3)13-5-4-12(14(15,16)17)6-11(13)7-18/h4-6H,1-3H3. The van der Waals surface area contributed by atoms with Crippen molar-refractivity contribution in [1.82, 2.24) is 9.78 Å². The van der Waals surface area contributed by atoms with Gasteiger partial charge in [-0.15, -0.1) is 0 Å². The molecule has 2 rings (SSSR count). The van der Waals surface area contributed by atoms with Gasteiger partial charge in [0.15, 0.2) is 0 Å². The van der Waals surface area contributed by atoms with Crippen LogP contribution < -0.4 is 0 Å². The minimum Gasteiger partial charge on any atom is -0.236 e. The zero-order valence-electron chi connectivity index (χ0n) is 11.2. The highest BCUT2D eigenvalue weighted by molar-refractivity contribution is 5.52. The van der Waals surface area contributed by atoms with Gasteiger partial charge in [0.25, 0.3) is 0 Å². The molecule has 0 N–H and O–H groups in total. The topological polar surface area (TPSA) is 41.6 Å². The lowest BCUT2D eigenvalue weighted by atomic mass is 10.1. The fourth-order valence-corrected chi connectivity index (χ4v) is 1.94. The molecule has 104 valence electrons. The summed E-state index contributed by atoms with van der Waals surface area (Å²) in [6.07, 6.45) is -4.46. The number of nitrogens with zero attached hydrogens (tertiary/aromatic N) is 3. The Kier molecular flexibility index (Phi) is 3.30. The van der Waals surface area contributed by atoms with E-state index in [9.17, 15) is 13.2 Å². The molecule has 0 amide bonds. The van der Waals surface area contributed by atoms with Gasteiger partial charge >= 0.3 is 6.18 Å². The molecular formula is C14H12F3N3. The van der Waals surface area contributed by atoms with Gasteiger partial charge in [0.05, 0.1) is 22.5 Å². The first-order chi connectivity index (χ1) is 9.25. The van der Waals surface area contributed by atoms with Crippen molar-refractivity contribution in [2.24, 2.45) is 0 Å². The molecular weight excluding hydrogens is 267 g/mol. The second-order valence-corrected chi connectivity index (χ2v) is 4.55. The van der Waals surface area contributed by atoms with Gasteiger partial charge in [-0.25, -0.2) is 4.68 Å². The Morgan fingerprint density at radius 3 is 2.30 bits per heavy atom. The Balaban J connectivity index is 2.64. The maximum absolute atomic E-state index is 12.7. The van der Waals surface area contributed by atoms with Crippen molar-refractivity contribution in [2.75, 3.05) is 0 Å². The van der Waals surface area contributed by atoms with Gasteiger partial charge in [-0.2, -0.15) is 23.5 Å². The quantitative estimate of drug-likeness (QED) is 0.799. The Hall–Kier alpha value is -2.29. The monoisotopic (exact) mass is 279 g/mol. The summed E-state index contributed by atoms with van der Waals surface area (Å²) in [5.74, 6) is 0. The SMILES string of the molecule is Cc1nn(-c2ccc(C(F)(F)F)cc2C#N)c(C)c1C. The normalized spacial score (nSPS) is 11.4. The Labute approximate surface area is 114 Å². The number of aromatic nitrogens is 2. The third-order valence-corrected chi connectivity index (χ3v) is 3.33. The van der Waals surface area contributed by atoms with E-state index in [4.69, 9.17) is 5.26 Å². The zero-order valence-corrected chi connectivity index (χ0v) is 11.2. The van der Waals surface area contributed by atoms with Crippen LogP contribution in [0.15, 0.2) is 18.2 Å². The highest BCUT2D eigenvalue weighted by atomic mass is 19.4. The van der Waals surface area contributed by atoms with Gasteiger partial charge in [0.2, 0.25) is 0 Å². The van der Waals surface area contributed by atoms with E-state index < -0.39 is 11.7 Å². The maximum atomic E-state index is 12.7. The molecule has 0 unspecified atom stereocenters. The molecule has 3 nitrogen and oxygen atoms in total. The summed E-state index contributed by atoms with van der Waals surface area (Å²) in [6, 6.07) is 4.89. The zero-order chi connectivity index (χ0) is 15.1. The summed E-state index contributed by atoms with van der Waals surface area (Å²) >= 11 is 0. The molecule has 6 heteroatoms. The average molecular weight is 279 g/mol. The van der Waals surface area contributed by atoms with E-state index in [0.29, 0.717) is 5.69 Å². The summed E-state index contributed by atoms with van der Waals surface area (Å²) in [5, 5.41) is 13.3. The second-order valence-electron chi connectivity index (χ2n) is 4.55. The van der Waals surface area contributed by atoms with Gasteiger partial charge in [0.1, 0.15) is 6.07 Å². The summed E-state index contributed by atoms with van der Waals surface area (Å²) in [4.78, 5) is 0. The highest BCUT2D eigenvalue weighted by Crippen LogP contribution is 2.31. The van der Waals surface area contributed by atoms with Crippen molar-refractivity contribution in [3.05, 3.63) is 46.3 Å². The van der Waals surface area contributed by atoms with Gasteiger partial charge in [-0.3, -0.25) is 0 Å². The first-order valence-electron chi connectivity index (χ1n) is 5.90. The van der Waals surface area contributed by atoms with Crippen LogP contribution in [0.4, 0.5) is 13.2 Å². The molecule has 1 heterocycles. The summed E-state index contributed by atoms with van der Waals surface area (Å²) in [6.45, 7) is 5.51. The van der Waals surface area contributed by atoms with Crippen molar-refractivity contribution in [3.63, 3.8) is 0 Å². The number of alkyl halides is 3. The molecule has 0 saturated heterocycles. The van der Waals surface area contributed by atoms with Gasteiger partial charge < -0.3 is 0 Å². The molecule has 0 aliphatic heterocycles. The Bertz CT molecular complexity index is 706. The predicted molar refractivity (Wildman–Crippen MR) is 67.5 cm³/mol. The summed E-state index contributed by atoms with van der Waals surface area (Å²) in [5.41, 5.74) is 2.01. The van der Waals surface area contributed by atoms with Crippen molar-refractivity contribution in [3.8, 4) is 11.8 Å². The van der Waals surface area contributed by atoms with Crippen LogP contribution in [-0.4, -0.2) is 9.78 Å².